The van der Waals surface area contributed by atoms with Crippen LogP contribution >= 0.6 is 0 Å². The molecule has 0 bridgehead atoms. The fourth-order valence-corrected chi connectivity index (χ4v) is 3.55. The molecule has 5 nitrogen and oxygen atoms in total. The summed E-state index contributed by atoms with van der Waals surface area (Å²) >= 11 is 0. The van der Waals surface area contributed by atoms with E-state index < -0.39 is 0 Å². The molecular weight excluding hydrogens is 326 g/mol. The third kappa shape index (κ3) is 4.33. The Hall–Kier alpha value is -2.14. The maximum absolute atomic E-state index is 13.3. The molecule has 26 heavy (non-hydrogen) atoms. The first kappa shape index (κ1) is 18.6. The Bertz CT molecular complexity index is 747. The SMILES string of the molecule is CCCn1ncc(C(=O)N(Cc2cccc(C)c2)CC2CCCO2)c1C. The third-order valence-corrected chi connectivity index (χ3v) is 4.96. The molecule has 1 unspecified atom stereocenters. The first-order valence-electron chi connectivity index (χ1n) is 9.57. The van der Waals surface area contributed by atoms with Gasteiger partial charge in [0, 0.05) is 31.9 Å². The number of carbonyl (C=O) groups is 1. The number of nitrogens with zero attached hydrogens (tertiary/aromatic N) is 3. The standard InChI is InChI=1S/C21H29N3O2/c1-4-10-24-17(3)20(13-22-24)21(25)23(15-19-9-6-11-26-19)14-18-8-5-7-16(2)12-18/h5,7-8,12-13,19H,4,6,9-11,14-15H2,1-3H3. The van der Waals surface area contributed by atoms with E-state index in [0.29, 0.717) is 18.7 Å². The highest BCUT2D eigenvalue weighted by Gasteiger charge is 2.26. The van der Waals surface area contributed by atoms with Crippen molar-refractivity contribution in [3.05, 3.63) is 52.8 Å². The summed E-state index contributed by atoms with van der Waals surface area (Å²) in [6.45, 7) is 9.03. The Morgan fingerprint density at radius 1 is 1.38 bits per heavy atom. The van der Waals surface area contributed by atoms with E-state index in [4.69, 9.17) is 4.74 Å². The molecule has 1 aromatic carbocycles. The molecule has 140 valence electrons. The van der Waals surface area contributed by atoms with Gasteiger partial charge in [-0.1, -0.05) is 36.8 Å². The molecule has 2 aromatic rings. The van der Waals surface area contributed by atoms with Gasteiger partial charge in [0.1, 0.15) is 0 Å². The minimum Gasteiger partial charge on any atom is -0.376 e. The summed E-state index contributed by atoms with van der Waals surface area (Å²) in [7, 11) is 0. The fraction of sp³-hybridized carbons (Fsp3) is 0.524. The molecule has 1 aromatic heterocycles. The topological polar surface area (TPSA) is 47.4 Å². The van der Waals surface area contributed by atoms with Crippen LogP contribution in [-0.4, -0.2) is 39.8 Å². The predicted octanol–water partition coefficient (Wildman–Crippen LogP) is 3.73. The van der Waals surface area contributed by atoms with E-state index in [1.165, 1.54) is 5.56 Å². The van der Waals surface area contributed by atoms with Gasteiger partial charge in [-0.15, -0.1) is 0 Å². The summed E-state index contributed by atoms with van der Waals surface area (Å²) < 4.78 is 7.71. The molecule has 5 heteroatoms. The van der Waals surface area contributed by atoms with Crippen LogP contribution in [0, 0.1) is 13.8 Å². The van der Waals surface area contributed by atoms with Crippen LogP contribution in [0.2, 0.25) is 0 Å². The Morgan fingerprint density at radius 3 is 2.92 bits per heavy atom. The van der Waals surface area contributed by atoms with Crippen molar-refractivity contribution in [2.45, 2.75) is 59.2 Å². The second kappa shape index (κ2) is 8.49. The Morgan fingerprint density at radius 2 is 2.23 bits per heavy atom. The van der Waals surface area contributed by atoms with Crippen molar-refractivity contribution < 1.29 is 9.53 Å². The quantitative estimate of drug-likeness (QED) is 0.760. The van der Waals surface area contributed by atoms with Gasteiger partial charge in [-0.25, -0.2) is 0 Å². The summed E-state index contributed by atoms with van der Waals surface area (Å²) in [6.07, 6.45) is 4.94. The van der Waals surface area contributed by atoms with E-state index in [9.17, 15) is 4.79 Å². The third-order valence-electron chi connectivity index (χ3n) is 4.96. The number of hydrogen-bond acceptors (Lipinski definition) is 3. The minimum atomic E-state index is 0.0434. The summed E-state index contributed by atoms with van der Waals surface area (Å²) in [5.74, 6) is 0.0434. The molecule has 3 rings (SSSR count). The van der Waals surface area contributed by atoms with Crippen LogP contribution in [0.5, 0.6) is 0 Å². The lowest BCUT2D eigenvalue weighted by Crippen LogP contribution is -2.37. The fourth-order valence-electron chi connectivity index (χ4n) is 3.55. The highest BCUT2D eigenvalue weighted by atomic mass is 16.5. The Labute approximate surface area is 156 Å². The van der Waals surface area contributed by atoms with Crippen LogP contribution in [0.3, 0.4) is 0 Å². The molecular formula is C21H29N3O2. The van der Waals surface area contributed by atoms with Gasteiger partial charge >= 0.3 is 0 Å². The Kier molecular flexibility index (Phi) is 6.09. The molecule has 1 aliphatic heterocycles. The molecule has 0 radical (unpaired) electrons. The zero-order valence-corrected chi connectivity index (χ0v) is 16.1. The highest BCUT2D eigenvalue weighted by Crippen LogP contribution is 2.19. The van der Waals surface area contributed by atoms with Gasteiger partial charge in [-0.05, 0) is 38.7 Å². The molecule has 0 N–H and O–H groups in total. The summed E-state index contributed by atoms with van der Waals surface area (Å²) in [6, 6.07) is 8.35. The lowest BCUT2D eigenvalue weighted by atomic mass is 10.1. The zero-order chi connectivity index (χ0) is 18.5. The molecule has 1 aliphatic rings. The molecule has 2 heterocycles. The zero-order valence-electron chi connectivity index (χ0n) is 16.1. The Balaban J connectivity index is 1.82. The van der Waals surface area contributed by atoms with Gasteiger partial charge < -0.3 is 9.64 Å². The first-order chi connectivity index (χ1) is 12.6. The maximum Gasteiger partial charge on any atom is 0.257 e. The number of hydrogen-bond donors (Lipinski definition) is 0. The van der Waals surface area contributed by atoms with Gasteiger partial charge in [-0.2, -0.15) is 5.10 Å². The molecule has 0 saturated carbocycles. The van der Waals surface area contributed by atoms with E-state index in [0.717, 1.165) is 43.7 Å². The van der Waals surface area contributed by atoms with Crippen LogP contribution < -0.4 is 0 Å². The van der Waals surface area contributed by atoms with Crippen molar-refractivity contribution in [2.75, 3.05) is 13.2 Å². The van der Waals surface area contributed by atoms with E-state index in [1.807, 2.05) is 22.6 Å². The predicted molar refractivity (Wildman–Crippen MR) is 102 cm³/mol. The average Bonchev–Trinajstić information content (AvgIpc) is 3.25. The van der Waals surface area contributed by atoms with Crippen molar-refractivity contribution >= 4 is 5.91 Å². The average molecular weight is 355 g/mol. The number of carbonyl (C=O) groups excluding carboxylic acids is 1. The van der Waals surface area contributed by atoms with E-state index >= 15 is 0 Å². The molecule has 0 aliphatic carbocycles. The molecule has 1 fully saturated rings. The van der Waals surface area contributed by atoms with Crippen molar-refractivity contribution in [1.82, 2.24) is 14.7 Å². The summed E-state index contributed by atoms with van der Waals surface area (Å²) in [4.78, 5) is 15.2. The van der Waals surface area contributed by atoms with E-state index in [2.05, 4.69) is 37.1 Å². The lowest BCUT2D eigenvalue weighted by molar-refractivity contribution is 0.0506. The second-order valence-corrected chi connectivity index (χ2v) is 7.18. The number of rotatable bonds is 7. The smallest absolute Gasteiger partial charge is 0.257 e. The van der Waals surface area contributed by atoms with Crippen molar-refractivity contribution in [1.29, 1.82) is 0 Å². The first-order valence-corrected chi connectivity index (χ1v) is 9.57. The second-order valence-electron chi connectivity index (χ2n) is 7.18. The number of aromatic nitrogens is 2. The summed E-state index contributed by atoms with van der Waals surface area (Å²) in [5.41, 5.74) is 4.00. The van der Waals surface area contributed by atoms with Gasteiger partial charge in [0.05, 0.1) is 17.9 Å². The minimum absolute atomic E-state index is 0.0434. The maximum atomic E-state index is 13.3. The largest absolute Gasteiger partial charge is 0.376 e. The highest BCUT2D eigenvalue weighted by molar-refractivity contribution is 5.95. The van der Waals surface area contributed by atoms with E-state index in [-0.39, 0.29) is 12.0 Å². The molecule has 1 atom stereocenters. The number of amides is 1. The number of benzene rings is 1. The molecule has 1 amide bonds. The van der Waals surface area contributed by atoms with Crippen LogP contribution in [0.15, 0.2) is 30.5 Å². The number of ether oxygens (including phenoxy) is 1. The normalized spacial score (nSPS) is 16.8. The van der Waals surface area contributed by atoms with Crippen LogP contribution in [0.1, 0.15) is 53.4 Å². The van der Waals surface area contributed by atoms with Crippen LogP contribution in [0.4, 0.5) is 0 Å². The van der Waals surface area contributed by atoms with Crippen molar-refractivity contribution in [3.63, 3.8) is 0 Å². The summed E-state index contributed by atoms with van der Waals surface area (Å²) in [5, 5.41) is 4.40. The molecule has 1 saturated heterocycles. The van der Waals surface area contributed by atoms with Crippen LogP contribution in [-0.2, 0) is 17.8 Å². The monoisotopic (exact) mass is 355 g/mol. The van der Waals surface area contributed by atoms with Gasteiger partial charge in [0.15, 0.2) is 0 Å². The van der Waals surface area contributed by atoms with Gasteiger partial charge in [0.2, 0.25) is 0 Å². The molecule has 0 spiro atoms. The van der Waals surface area contributed by atoms with E-state index in [1.54, 1.807) is 6.20 Å². The number of aryl methyl sites for hydroxylation is 2. The van der Waals surface area contributed by atoms with Crippen LogP contribution in [0.25, 0.3) is 0 Å². The lowest BCUT2D eigenvalue weighted by Gasteiger charge is -2.26. The van der Waals surface area contributed by atoms with Crippen molar-refractivity contribution in [2.24, 2.45) is 0 Å². The van der Waals surface area contributed by atoms with Gasteiger partial charge in [0.25, 0.3) is 5.91 Å². The van der Waals surface area contributed by atoms with Crippen molar-refractivity contribution in [3.8, 4) is 0 Å². The van der Waals surface area contributed by atoms with Gasteiger partial charge in [-0.3, -0.25) is 9.48 Å².